The van der Waals surface area contributed by atoms with E-state index >= 15 is 0 Å². The highest BCUT2D eigenvalue weighted by atomic mass is 35.5. The van der Waals surface area contributed by atoms with Crippen LogP contribution in [0.1, 0.15) is 22.4 Å². The lowest BCUT2D eigenvalue weighted by Gasteiger charge is -2.09. The highest BCUT2D eigenvalue weighted by Gasteiger charge is 2.16. The van der Waals surface area contributed by atoms with Gasteiger partial charge in [-0.3, -0.25) is 0 Å². The van der Waals surface area contributed by atoms with Crippen molar-refractivity contribution in [2.75, 3.05) is 11.1 Å². The number of rotatable bonds is 4. The molecule has 1 aromatic carbocycles. The maximum atomic E-state index is 11.5. The maximum absolute atomic E-state index is 11.5. The maximum Gasteiger partial charge on any atom is 0.256 e. The van der Waals surface area contributed by atoms with Crippen molar-refractivity contribution in [3.63, 3.8) is 0 Å². The van der Waals surface area contributed by atoms with Crippen LogP contribution in [-0.4, -0.2) is 19.6 Å². The van der Waals surface area contributed by atoms with Crippen LogP contribution in [0.4, 0.5) is 17.5 Å². The van der Waals surface area contributed by atoms with Gasteiger partial charge in [-0.25, -0.2) is 4.98 Å². The number of pyridine rings is 1. The molecule has 28 heavy (non-hydrogen) atoms. The number of hydrogen-bond acceptors (Lipinski definition) is 6. The molecule has 4 aromatic rings. The van der Waals surface area contributed by atoms with Crippen molar-refractivity contribution in [3.05, 3.63) is 75.3 Å². The van der Waals surface area contributed by atoms with Gasteiger partial charge in [-0.15, -0.1) is 5.10 Å². The Hall–Kier alpha value is -3.39. The molecule has 0 radical (unpaired) electrons. The summed E-state index contributed by atoms with van der Waals surface area (Å²) in [6.45, 7) is 3.83. The smallest absolute Gasteiger partial charge is 0.256 e. The van der Waals surface area contributed by atoms with Crippen LogP contribution in [0, 0.1) is 19.1 Å². The molecule has 0 aliphatic heterocycles. The molecule has 0 bridgehead atoms. The van der Waals surface area contributed by atoms with Gasteiger partial charge in [-0.2, -0.15) is 14.2 Å². The first-order valence-electron chi connectivity index (χ1n) is 8.63. The molecule has 0 fully saturated rings. The number of hydrogen-bond donors (Lipinski definition) is 2. The summed E-state index contributed by atoms with van der Waals surface area (Å²) in [7, 11) is 0. The number of nitrogens with two attached hydrogens (primary N) is 1. The summed E-state index contributed by atoms with van der Waals surface area (Å²) in [6, 6.07) is 9.11. The van der Waals surface area contributed by atoms with Gasteiger partial charge in [0.25, 0.3) is 5.78 Å². The zero-order valence-corrected chi connectivity index (χ0v) is 16.1. The fourth-order valence-electron chi connectivity index (χ4n) is 3.00. The third kappa shape index (κ3) is 3.41. The van der Waals surface area contributed by atoms with E-state index in [1.165, 1.54) is 16.9 Å². The van der Waals surface area contributed by atoms with Crippen molar-refractivity contribution >= 4 is 34.8 Å². The molecular weight excluding hydrogens is 378 g/mol. The first-order chi connectivity index (χ1) is 13.4. The van der Waals surface area contributed by atoms with Gasteiger partial charge >= 0.3 is 0 Å². The van der Waals surface area contributed by atoms with Crippen LogP contribution >= 0.6 is 11.6 Å². The quantitative estimate of drug-likeness (QED) is 0.406. The Bertz CT molecular complexity index is 1190. The molecule has 0 saturated heterocycles. The summed E-state index contributed by atoms with van der Waals surface area (Å²) in [5.74, 6) is 1.21. The van der Waals surface area contributed by atoms with Gasteiger partial charge in [0.1, 0.15) is 5.82 Å². The summed E-state index contributed by atoms with van der Waals surface area (Å²) in [6.07, 6.45) is 3.42. The summed E-state index contributed by atoms with van der Waals surface area (Å²) in [5, 5.41) is 19.7. The number of nitrogen functional groups attached to an aromatic ring is 1. The average Bonchev–Trinajstić information content (AvgIpc) is 3.04. The topological polar surface area (TPSA) is 108 Å². The summed E-state index contributed by atoms with van der Waals surface area (Å²) >= 11 is 6.07. The van der Waals surface area contributed by atoms with Gasteiger partial charge in [0.15, 0.2) is 12.4 Å². The van der Waals surface area contributed by atoms with Crippen LogP contribution < -0.4 is 15.8 Å². The summed E-state index contributed by atoms with van der Waals surface area (Å²) in [4.78, 5) is 8.93. The Labute approximate surface area is 166 Å². The van der Waals surface area contributed by atoms with E-state index in [9.17, 15) is 5.21 Å². The molecule has 0 aliphatic carbocycles. The van der Waals surface area contributed by atoms with E-state index in [0.29, 0.717) is 29.0 Å². The Morgan fingerprint density at radius 3 is 2.86 bits per heavy atom. The van der Waals surface area contributed by atoms with Crippen LogP contribution in [0.15, 0.2) is 42.7 Å². The van der Waals surface area contributed by atoms with Gasteiger partial charge < -0.3 is 16.3 Å². The molecule has 3 heterocycles. The zero-order chi connectivity index (χ0) is 19.8. The van der Waals surface area contributed by atoms with E-state index < -0.39 is 0 Å². The Kier molecular flexibility index (Phi) is 4.48. The molecule has 0 spiro atoms. The van der Waals surface area contributed by atoms with Crippen LogP contribution in [-0.2, 0) is 6.42 Å². The Morgan fingerprint density at radius 2 is 2.07 bits per heavy atom. The van der Waals surface area contributed by atoms with Crippen molar-refractivity contribution in [1.29, 1.82) is 0 Å². The first-order valence-corrected chi connectivity index (χ1v) is 9.01. The predicted octanol–water partition coefficient (Wildman–Crippen LogP) is 2.94. The number of nitrogens with zero attached hydrogens (tertiary/aromatic N) is 5. The van der Waals surface area contributed by atoms with Crippen LogP contribution in [0.2, 0.25) is 5.02 Å². The lowest BCUT2D eigenvalue weighted by Crippen LogP contribution is -2.25. The molecule has 0 aliphatic rings. The number of halogens is 1. The molecular formula is C19H18ClN7O. The molecule has 142 valence electrons. The lowest BCUT2D eigenvalue weighted by molar-refractivity contribution is -0.605. The number of fused-ring (bicyclic) bond motifs is 1. The number of aryl methyl sites for hydroxylation is 2. The molecule has 0 amide bonds. The largest absolute Gasteiger partial charge is 0.619 e. The monoisotopic (exact) mass is 395 g/mol. The molecule has 0 atom stereocenters. The van der Waals surface area contributed by atoms with E-state index in [1.54, 1.807) is 6.07 Å². The highest BCUT2D eigenvalue weighted by Crippen LogP contribution is 2.25. The van der Waals surface area contributed by atoms with Crippen LogP contribution in [0.5, 0.6) is 0 Å². The second kappa shape index (κ2) is 6.97. The van der Waals surface area contributed by atoms with E-state index in [0.717, 1.165) is 32.8 Å². The third-order valence-corrected chi connectivity index (χ3v) is 4.73. The van der Waals surface area contributed by atoms with Gasteiger partial charge in [-0.05, 0) is 37.6 Å². The average molecular weight is 396 g/mol. The van der Waals surface area contributed by atoms with Gasteiger partial charge in [0, 0.05) is 40.0 Å². The summed E-state index contributed by atoms with van der Waals surface area (Å²) < 4.78 is 2.26. The first kappa shape index (κ1) is 18.0. The van der Waals surface area contributed by atoms with Crippen molar-refractivity contribution in [2.24, 2.45) is 0 Å². The second-order valence-electron chi connectivity index (χ2n) is 6.54. The Morgan fingerprint density at radius 1 is 1.25 bits per heavy atom. The van der Waals surface area contributed by atoms with Crippen molar-refractivity contribution in [1.82, 2.24) is 19.6 Å². The fourth-order valence-corrected chi connectivity index (χ4v) is 3.17. The minimum atomic E-state index is 0.373. The molecule has 9 heteroatoms. The standard InChI is InChI=1S/C19H18ClN7O/c1-11-5-6-14(20)9-16(11)23-18-24-19-22-12(2)15(17(21)27(19)25-18)8-13-4-3-7-26(28)10-13/h3-7,9-10H,8,21H2,1-2H3,(H,23,25). The third-order valence-electron chi connectivity index (χ3n) is 4.50. The number of aromatic nitrogens is 5. The fraction of sp³-hybridized carbons (Fsp3) is 0.158. The van der Waals surface area contributed by atoms with Crippen molar-refractivity contribution in [3.8, 4) is 0 Å². The normalized spacial score (nSPS) is 11.1. The molecule has 0 saturated carbocycles. The lowest BCUT2D eigenvalue weighted by atomic mass is 10.1. The molecule has 0 unspecified atom stereocenters. The van der Waals surface area contributed by atoms with Gasteiger partial charge in [0.05, 0.1) is 0 Å². The number of benzene rings is 1. The van der Waals surface area contributed by atoms with Crippen LogP contribution in [0.3, 0.4) is 0 Å². The molecule has 4 rings (SSSR count). The molecule has 3 N–H and O–H groups in total. The minimum Gasteiger partial charge on any atom is -0.619 e. The van der Waals surface area contributed by atoms with Gasteiger partial charge in [0.2, 0.25) is 5.95 Å². The highest BCUT2D eigenvalue weighted by molar-refractivity contribution is 6.30. The van der Waals surface area contributed by atoms with E-state index in [-0.39, 0.29) is 0 Å². The number of nitrogens with one attached hydrogen (secondary N) is 1. The van der Waals surface area contributed by atoms with Crippen LogP contribution in [0.25, 0.3) is 5.78 Å². The van der Waals surface area contributed by atoms with Gasteiger partial charge in [-0.1, -0.05) is 17.7 Å². The Balaban J connectivity index is 1.72. The van der Waals surface area contributed by atoms with Crippen molar-refractivity contribution < 1.29 is 4.73 Å². The van der Waals surface area contributed by atoms with E-state index in [2.05, 4.69) is 20.4 Å². The summed E-state index contributed by atoms with van der Waals surface area (Å²) in [5.41, 5.74) is 10.5. The van der Waals surface area contributed by atoms with Crippen molar-refractivity contribution in [2.45, 2.75) is 20.3 Å². The predicted molar refractivity (Wildman–Crippen MR) is 108 cm³/mol. The molecule has 8 nitrogen and oxygen atoms in total. The van der Waals surface area contributed by atoms with E-state index in [1.807, 2.05) is 38.1 Å². The number of anilines is 3. The molecule has 3 aromatic heterocycles. The SMILES string of the molecule is Cc1ccc(Cl)cc1Nc1nc2nc(C)c(Cc3ccc[n+]([O-])c3)c(N)n2n1. The van der Waals surface area contributed by atoms with E-state index in [4.69, 9.17) is 17.3 Å². The zero-order valence-electron chi connectivity index (χ0n) is 15.3. The minimum absolute atomic E-state index is 0.373. The second-order valence-corrected chi connectivity index (χ2v) is 6.98.